The van der Waals surface area contributed by atoms with Gasteiger partial charge >= 0.3 is 0 Å². The normalized spacial score (nSPS) is 11.5. The zero-order valence-corrected chi connectivity index (χ0v) is 23.3. The molecule has 2 aromatic heterocycles. The van der Waals surface area contributed by atoms with E-state index in [-0.39, 0.29) is 24.4 Å². The fraction of sp³-hybridized carbons (Fsp3) is 0.161. The Morgan fingerprint density at radius 1 is 0.881 bits per heavy atom. The maximum atomic E-state index is 14.1. The lowest BCUT2D eigenvalue weighted by Crippen LogP contribution is -2.47. The molecule has 2 heterocycles. The number of rotatable bonds is 8. The zero-order valence-electron chi connectivity index (χ0n) is 23.3. The molecular weight excluding hydrogens is 534 g/mol. The Kier molecular flexibility index (Phi) is 8.19. The highest BCUT2D eigenvalue weighted by atomic mass is 16.5. The van der Waals surface area contributed by atoms with Crippen LogP contribution >= 0.6 is 0 Å². The second kappa shape index (κ2) is 12.3. The van der Waals surface area contributed by atoms with Gasteiger partial charge in [-0.3, -0.25) is 24.4 Å². The van der Waals surface area contributed by atoms with Gasteiger partial charge in [-0.25, -0.2) is 14.5 Å². The van der Waals surface area contributed by atoms with Gasteiger partial charge in [-0.15, -0.1) is 0 Å². The summed E-state index contributed by atoms with van der Waals surface area (Å²) >= 11 is 0. The number of anilines is 2. The molecule has 42 heavy (non-hydrogen) atoms. The van der Waals surface area contributed by atoms with E-state index in [0.717, 1.165) is 0 Å². The summed E-state index contributed by atoms with van der Waals surface area (Å²) < 4.78 is 7.76. The van der Waals surface area contributed by atoms with E-state index >= 15 is 0 Å². The lowest BCUT2D eigenvalue weighted by molar-refractivity contribution is -0.119. The number of hydrogen-bond donors (Lipinski definition) is 1. The van der Waals surface area contributed by atoms with Crippen LogP contribution in [0.5, 0.6) is 5.75 Å². The van der Waals surface area contributed by atoms with Crippen molar-refractivity contribution < 1.29 is 9.53 Å². The minimum Gasteiger partial charge on any atom is -0.497 e. The number of benzene rings is 3. The van der Waals surface area contributed by atoms with Crippen LogP contribution < -0.4 is 31.5 Å². The third-order valence-corrected chi connectivity index (χ3v) is 6.52. The fourth-order valence-corrected chi connectivity index (χ4v) is 4.60. The number of carbonyl (C=O) groups excluding carboxylic acids is 1. The number of hydrogen-bond acceptors (Lipinski definition) is 8. The molecule has 1 amide bonds. The molecule has 0 fully saturated rings. The van der Waals surface area contributed by atoms with Gasteiger partial charge in [-0.2, -0.15) is 5.10 Å². The topological polar surface area (TPSA) is 124 Å². The maximum Gasteiger partial charge on any atom is 0.291 e. The SMILES string of the molecule is COc1ccc(N(C(=O)Cn2c(=O)/c(=N/Nc3ccccc3)c(=O)n(-c3ncccn3)c3ccccc32)C(C)C)cc1. The van der Waals surface area contributed by atoms with Crippen molar-refractivity contribution in [2.75, 3.05) is 17.4 Å². The highest BCUT2D eigenvalue weighted by Crippen LogP contribution is 2.22. The van der Waals surface area contributed by atoms with Crippen LogP contribution in [0.2, 0.25) is 0 Å². The van der Waals surface area contributed by atoms with Crippen LogP contribution in [0.15, 0.2) is 112 Å². The maximum absolute atomic E-state index is 14.1. The second-order valence-corrected chi connectivity index (χ2v) is 9.56. The molecule has 0 aliphatic rings. The van der Waals surface area contributed by atoms with Crippen molar-refractivity contribution in [3.63, 3.8) is 0 Å². The predicted molar refractivity (Wildman–Crippen MR) is 161 cm³/mol. The van der Waals surface area contributed by atoms with Gasteiger partial charge < -0.3 is 9.64 Å². The summed E-state index contributed by atoms with van der Waals surface area (Å²) in [5.74, 6) is 0.357. The first-order valence-corrected chi connectivity index (χ1v) is 13.3. The largest absolute Gasteiger partial charge is 0.497 e. The van der Waals surface area contributed by atoms with Gasteiger partial charge in [0.05, 0.1) is 23.8 Å². The summed E-state index contributed by atoms with van der Waals surface area (Å²) in [5, 5.41) is 3.80. The molecule has 0 saturated heterocycles. The summed E-state index contributed by atoms with van der Waals surface area (Å²) in [4.78, 5) is 52.2. The van der Waals surface area contributed by atoms with Crippen LogP contribution in [0.1, 0.15) is 13.8 Å². The summed E-state index contributed by atoms with van der Waals surface area (Å²) in [6.45, 7) is 3.41. The number of amides is 1. The number of nitrogens with one attached hydrogen (secondary N) is 1. The van der Waals surface area contributed by atoms with Crippen molar-refractivity contribution in [3.05, 3.63) is 123 Å². The third-order valence-electron chi connectivity index (χ3n) is 6.52. The third kappa shape index (κ3) is 5.66. The lowest BCUT2D eigenvalue weighted by Gasteiger charge is -2.27. The molecule has 5 rings (SSSR count). The molecule has 0 saturated carbocycles. The number of ether oxygens (including phenoxy) is 1. The average molecular weight is 564 g/mol. The lowest BCUT2D eigenvalue weighted by atomic mass is 10.2. The zero-order chi connectivity index (χ0) is 29.6. The van der Waals surface area contributed by atoms with Crippen molar-refractivity contribution in [2.24, 2.45) is 5.10 Å². The molecule has 0 aliphatic heterocycles. The van der Waals surface area contributed by atoms with Gasteiger partial charge in [0.15, 0.2) is 0 Å². The molecular formula is C31H29N7O4. The molecule has 0 atom stereocenters. The minimum atomic E-state index is -0.749. The van der Waals surface area contributed by atoms with Crippen molar-refractivity contribution in [1.82, 2.24) is 19.1 Å². The van der Waals surface area contributed by atoms with E-state index in [4.69, 9.17) is 4.74 Å². The van der Waals surface area contributed by atoms with Gasteiger partial charge in [0.25, 0.3) is 11.1 Å². The highest BCUT2D eigenvalue weighted by molar-refractivity contribution is 5.94. The van der Waals surface area contributed by atoms with E-state index in [2.05, 4.69) is 20.5 Å². The standard InChI is InChI=1S/C31H29N7O4/c1-21(2)37(23-14-16-24(42-3)17-15-23)27(39)20-36-25-12-7-8-13-26(25)38(31-32-18-9-19-33-31)30(41)28(29(36)40)35-34-22-10-5-4-6-11-22/h4-19,21,34H,20H2,1-3H3/b35-28-. The Hall–Kier alpha value is -5.58. The quantitative estimate of drug-likeness (QED) is 0.287. The number of carbonyl (C=O) groups is 1. The molecule has 1 N–H and O–H groups in total. The Morgan fingerprint density at radius 2 is 1.52 bits per heavy atom. The fourth-order valence-electron chi connectivity index (χ4n) is 4.60. The van der Waals surface area contributed by atoms with Gasteiger partial charge in [-0.05, 0) is 68.4 Å². The predicted octanol–water partition coefficient (Wildman–Crippen LogP) is 3.32. The van der Waals surface area contributed by atoms with E-state index < -0.39 is 16.5 Å². The van der Waals surface area contributed by atoms with Crippen molar-refractivity contribution >= 4 is 28.3 Å². The first-order valence-electron chi connectivity index (χ1n) is 13.3. The summed E-state index contributed by atoms with van der Waals surface area (Å²) in [6.07, 6.45) is 3.00. The van der Waals surface area contributed by atoms with Gasteiger partial charge in [0.1, 0.15) is 12.3 Å². The smallest absolute Gasteiger partial charge is 0.291 e. The number of para-hydroxylation sites is 3. The van der Waals surface area contributed by atoms with Gasteiger partial charge in [0, 0.05) is 24.1 Å². The molecule has 11 heteroatoms. The summed E-state index contributed by atoms with van der Waals surface area (Å²) in [5.41, 5.74) is 3.19. The molecule has 5 aromatic rings. The molecule has 3 aromatic carbocycles. The van der Waals surface area contributed by atoms with E-state index in [1.165, 1.54) is 21.5 Å². The first kappa shape index (κ1) is 28.0. The number of aromatic nitrogens is 4. The van der Waals surface area contributed by atoms with E-state index in [1.807, 2.05) is 19.9 Å². The number of nitrogens with zero attached hydrogens (tertiary/aromatic N) is 6. The molecule has 212 valence electrons. The Balaban J connectivity index is 1.75. The Labute approximate surface area is 241 Å². The molecule has 11 nitrogen and oxygen atoms in total. The molecule has 0 spiro atoms. The molecule has 0 radical (unpaired) electrons. The van der Waals surface area contributed by atoms with Crippen LogP contribution in [0.25, 0.3) is 17.0 Å². The van der Waals surface area contributed by atoms with E-state index in [1.54, 1.807) is 90.9 Å². The first-order chi connectivity index (χ1) is 20.4. The van der Waals surface area contributed by atoms with Crippen molar-refractivity contribution in [3.8, 4) is 11.7 Å². The Bertz CT molecular complexity index is 1900. The number of methoxy groups -OCH3 is 1. The van der Waals surface area contributed by atoms with Crippen LogP contribution in [-0.4, -0.2) is 38.2 Å². The van der Waals surface area contributed by atoms with Crippen LogP contribution in [-0.2, 0) is 11.3 Å². The summed E-state index contributed by atoms with van der Waals surface area (Å²) in [7, 11) is 1.57. The van der Waals surface area contributed by atoms with Crippen LogP contribution in [0.3, 0.4) is 0 Å². The molecule has 0 bridgehead atoms. The monoisotopic (exact) mass is 563 g/mol. The highest BCUT2D eigenvalue weighted by Gasteiger charge is 2.22. The number of fused-ring (bicyclic) bond motifs is 1. The van der Waals surface area contributed by atoms with E-state index in [9.17, 15) is 14.4 Å². The van der Waals surface area contributed by atoms with E-state index in [0.29, 0.717) is 28.2 Å². The van der Waals surface area contributed by atoms with Crippen molar-refractivity contribution in [2.45, 2.75) is 26.4 Å². The molecule has 0 unspecified atom stereocenters. The average Bonchev–Trinajstić information content (AvgIpc) is 3.09. The Morgan fingerprint density at radius 3 is 2.17 bits per heavy atom. The van der Waals surface area contributed by atoms with Crippen LogP contribution in [0.4, 0.5) is 11.4 Å². The minimum absolute atomic E-state index is 0.0605. The molecule has 0 aliphatic carbocycles. The van der Waals surface area contributed by atoms with Crippen molar-refractivity contribution in [1.29, 1.82) is 0 Å². The second-order valence-electron chi connectivity index (χ2n) is 9.56. The van der Waals surface area contributed by atoms with Crippen LogP contribution in [0, 0.1) is 0 Å². The van der Waals surface area contributed by atoms with Gasteiger partial charge in [-0.1, -0.05) is 30.3 Å². The van der Waals surface area contributed by atoms with Gasteiger partial charge in [0.2, 0.25) is 17.2 Å². The summed E-state index contributed by atoms with van der Waals surface area (Å²) in [6, 6.07) is 24.2.